The smallest absolute Gasteiger partial charge is 0.0619 e. The van der Waals surface area contributed by atoms with Gasteiger partial charge in [0, 0.05) is 27.4 Å². The van der Waals surface area contributed by atoms with Crippen molar-refractivity contribution in [3.63, 3.8) is 0 Å². The lowest BCUT2D eigenvalue weighted by atomic mass is 9.78. The van der Waals surface area contributed by atoms with Crippen LogP contribution in [0.2, 0.25) is 0 Å². The van der Waals surface area contributed by atoms with Gasteiger partial charge < -0.3 is 4.57 Å². The van der Waals surface area contributed by atoms with E-state index in [0.717, 1.165) is 5.69 Å². The Morgan fingerprint density at radius 1 is 0.362 bits per heavy atom. The summed E-state index contributed by atoms with van der Waals surface area (Å²) in [7, 11) is 0. The molecule has 1 aliphatic rings. The van der Waals surface area contributed by atoms with Crippen LogP contribution in [0.15, 0.2) is 200 Å². The second-order valence-corrected chi connectivity index (χ2v) is 16.4. The topological polar surface area (TPSA) is 4.93 Å². The van der Waals surface area contributed by atoms with Crippen molar-refractivity contribution < 1.29 is 0 Å². The average molecular weight is 738 g/mol. The summed E-state index contributed by atoms with van der Waals surface area (Å²) >= 11 is 0. The minimum absolute atomic E-state index is 0.175. The Labute approximate surface area is 338 Å². The molecule has 0 spiro atoms. The molecule has 0 unspecified atom stereocenters. The van der Waals surface area contributed by atoms with Crippen molar-refractivity contribution in [3.8, 4) is 50.2 Å². The predicted octanol–water partition coefficient (Wildman–Crippen LogP) is 15.6. The van der Waals surface area contributed by atoms with Crippen molar-refractivity contribution in [2.75, 3.05) is 0 Å². The molecule has 58 heavy (non-hydrogen) atoms. The van der Waals surface area contributed by atoms with Crippen LogP contribution in [0.25, 0.3) is 104 Å². The van der Waals surface area contributed by atoms with Crippen LogP contribution in [0.5, 0.6) is 0 Å². The minimum atomic E-state index is -0.175. The molecule has 10 aromatic carbocycles. The molecule has 0 bridgehead atoms. The van der Waals surface area contributed by atoms with Gasteiger partial charge in [-0.15, -0.1) is 0 Å². The highest BCUT2D eigenvalue weighted by Gasteiger charge is 2.38. The Balaban J connectivity index is 1.10. The molecule has 1 heterocycles. The lowest BCUT2D eigenvalue weighted by Gasteiger charge is -2.24. The third-order valence-electron chi connectivity index (χ3n) is 12.9. The molecule has 0 amide bonds. The number of para-hydroxylation sites is 3. The molecular weight excluding hydrogens is 699 g/mol. The molecule has 0 atom stereocenters. The SMILES string of the molecule is CC1(C)c2cc(-c3ccc(-c4cccc5c6ccccc6n(-c6ccccc6)c45)c(-c4ccc5ccccc5c4)c3)ccc2-c2c1c1ccccc1c1ccccc21. The fourth-order valence-corrected chi connectivity index (χ4v) is 10.3. The fourth-order valence-electron chi connectivity index (χ4n) is 10.3. The summed E-state index contributed by atoms with van der Waals surface area (Å²) in [6.07, 6.45) is 0. The summed E-state index contributed by atoms with van der Waals surface area (Å²) in [6.45, 7) is 4.83. The molecule has 1 aromatic heterocycles. The van der Waals surface area contributed by atoms with E-state index in [1.807, 2.05) is 0 Å². The molecule has 0 aliphatic heterocycles. The summed E-state index contributed by atoms with van der Waals surface area (Å²) in [5, 5.41) is 10.3. The standard InChI is InChI=1S/C57H39N/c1-57(2)52-35-39(30-32-50(52)54-46-22-10-8-19-42(46)43-20-9-11-23-47(43)55(54)57)38-29-31-44(51(34-38)40-28-27-36-15-6-7-16-37(36)33-40)48-24-14-25-49-45-21-12-13-26-53(45)58(56(48)49)41-17-4-3-5-18-41/h3-35H,1-2H3. The van der Waals surface area contributed by atoms with Crippen LogP contribution in [-0.2, 0) is 5.41 Å². The third-order valence-corrected chi connectivity index (χ3v) is 12.9. The summed E-state index contributed by atoms with van der Waals surface area (Å²) in [5.41, 5.74) is 16.3. The molecule has 0 saturated heterocycles. The second-order valence-electron chi connectivity index (χ2n) is 16.4. The van der Waals surface area contributed by atoms with Crippen LogP contribution < -0.4 is 0 Å². The summed E-state index contributed by atoms with van der Waals surface area (Å²) in [5.74, 6) is 0. The van der Waals surface area contributed by atoms with Crippen molar-refractivity contribution >= 4 is 54.1 Å². The van der Waals surface area contributed by atoms with Crippen LogP contribution in [-0.4, -0.2) is 4.57 Å². The van der Waals surface area contributed by atoms with Crippen molar-refractivity contribution in [2.45, 2.75) is 19.3 Å². The molecule has 0 radical (unpaired) electrons. The van der Waals surface area contributed by atoms with Gasteiger partial charge in [-0.3, -0.25) is 0 Å². The molecule has 0 fully saturated rings. The van der Waals surface area contributed by atoms with Crippen LogP contribution in [0.3, 0.4) is 0 Å². The Kier molecular flexibility index (Phi) is 7.04. The van der Waals surface area contributed by atoms with E-state index in [9.17, 15) is 0 Å². The number of rotatable bonds is 4. The summed E-state index contributed by atoms with van der Waals surface area (Å²) in [6, 6.07) is 74.3. The normalized spacial score (nSPS) is 13.1. The zero-order chi connectivity index (χ0) is 38.5. The first-order valence-corrected chi connectivity index (χ1v) is 20.3. The summed E-state index contributed by atoms with van der Waals surface area (Å²) in [4.78, 5) is 0. The van der Waals surface area contributed by atoms with Gasteiger partial charge >= 0.3 is 0 Å². The number of fused-ring (bicyclic) bond motifs is 12. The lowest BCUT2D eigenvalue weighted by molar-refractivity contribution is 0.667. The van der Waals surface area contributed by atoms with E-state index in [-0.39, 0.29) is 5.41 Å². The average Bonchev–Trinajstić information content (AvgIpc) is 3.75. The maximum atomic E-state index is 2.48. The molecule has 0 saturated carbocycles. The van der Waals surface area contributed by atoms with E-state index in [2.05, 4.69) is 219 Å². The van der Waals surface area contributed by atoms with Gasteiger partial charge in [-0.1, -0.05) is 178 Å². The predicted molar refractivity (Wildman–Crippen MR) is 247 cm³/mol. The molecular formula is C57H39N. The Bertz CT molecular complexity index is 3470. The number of aromatic nitrogens is 1. The lowest BCUT2D eigenvalue weighted by Crippen LogP contribution is -2.15. The minimum Gasteiger partial charge on any atom is -0.309 e. The van der Waals surface area contributed by atoms with Crippen LogP contribution >= 0.6 is 0 Å². The number of hydrogen-bond donors (Lipinski definition) is 0. The third kappa shape index (κ3) is 4.71. The fraction of sp³-hybridized carbons (Fsp3) is 0.0526. The highest BCUT2D eigenvalue weighted by molar-refractivity contribution is 6.19. The maximum Gasteiger partial charge on any atom is 0.0619 e. The van der Waals surface area contributed by atoms with Crippen LogP contribution in [0, 0.1) is 0 Å². The van der Waals surface area contributed by atoms with Gasteiger partial charge in [-0.05, 0) is 119 Å². The first-order chi connectivity index (χ1) is 28.5. The Hall–Kier alpha value is -7.22. The van der Waals surface area contributed by atoms with Gasteiger partial charge in [0.2, 0.25) is 0 Å². The molecule has 12 rings (SSSR count). The molecule has 272 valence electrons. The monoisotopic (exact) mass is 737 g/mol. The molecule has 1 heteroatoms. The van der Waals surface area contributed by atoms with Gasteiger partial charge in [-0.25, -0.2) is 0 Å². The van der Waals surface area contributed by atoms with Gasteiger partial charge in [-0.2, -0.15) is 0 Å². The van der Waals surface area contributed by atoms with E-state index >= 15 is 0 Å². The van der Waals surface area contributed by atoms with Crippen LogP contribution in [0.4, 0.5) is 0 Å². The van der Waals surface area contributed by atoms with Gasteiger partial charge in [0.25, 0.3) is 0 Å². The van der Waals surface area contributed by atoms with Crippen molar-refractivity contribution in [2.24, 2.45) is 0 Å². The summed E-state index contributed by atoms with van der Waals surface area (Å²) < 4.78 is 2.45. The highest BCUT2D eigenvalue weighted by Crippen LogP contribution is 2.55. The van der Waals surface area contributed by atoms with E-state index in [1.165, 1.54) is 110 Å². The van der Waals surface area contributed by atoms with Gasteiger partial charge in [0.05, 0.1) is 11.0 Å². The van der Waals surface area contributed by atoms with E-state index in [4.69, 9.17) is 0 Å². The second kappa shape index (κ2) is 12.4. The zero-order valence-corrected chi connectivity index (χ0v) is 32.5. The molecule has 0 N–H and O–H groups in total. The van der Waals surface area contributed by atoms with E-state index in [1.54, 1.807) is 0 Å². The number of nitrogens with zero attached hydrogens (tertiary/aromatic N) is 1. The largest absolute Gasteiger partial charge is 0.309 e. The number of hydrogen-bond acceptors (Lipinski definition) is 0. The Morgan fingerprint density at radius 3 is 1.78 bits per heavy atom. The van der Waals surface area contributed by atoms with Crippen molar-refractivity contribution in [3.05, 3.63) is 211 Å². The van der Waals surface area contributed by atoms with E-state index in [0.29, 0.717) is 0 Å². The molecule has 11 aromatic rings. The van der Waals surface area contributed by atoms with Crippen LogP contribution in [0.1, 0.15) is 25.0 Å². The number of benzene rings is 10. The first kappa shape index (κ1) is 33.0. The van der Waals surface area contributed by atoms with Gasteiger partial charge in [0.1, 0.15) is 0 Å². The van der Waals surface area contributed by atoms with Crippen molar-refractivity contribution in [1.82, 2.24) is 4.57 Å². The first-order valence-electron chi connectivity index (χ1n) is 20.3. The van der Waals surface area contributed by atoms with Gasteiger partial charge in [0.15, 0.2) is 0 Å². The zero-order valence-electron chi connectivity index (χ0n) is 32.5. The quantitative estimate of drug-likeness (QED) is 0.159. The van der Waals surface area contributed by atoms with Crippen molar-refractivity contribution in [1.29, 1.82) is 0 Å². The maximum absolute atomic E-state index is 2.48. The Morgan fingerprint density at radius 2 is 0.966 bits per heavy atom. The highest BCUT2D eigenvalue weighted by atomic mass is 15.0. The van der Waals surface area contributed by atoms with E-state index < -0.39 is 0 Å². The molecule has 1 aliphatic carbocycles. The molecule has 1 nitrogen and oxygen atoms in total.